The number of epoxide rings is 1. The average molecular weight is 614 g/mol. The van der Waals surface area contributed by atoms with Gasteiger partial charge in [-0.05, 0) is 45.2 Å². The van der Waals surface area contributed by atoms with Gasteiger partial charge in [-0.3, -0.25) is 4.68 Å². The monoisotopic (exact) mass is 613 g/mol. The van der Waals surface area contributed by atoms with E-state index in [2.05, 4.69) is 20.0 Å². The van der Waals surface area contributed by atoms with E-state index in [1.807, 2.05) is 6.07 Å². The molecular formula is C23H25F2N7O5S3. The quantitative estimate of drug-likeness (QED) is 0.376. The normalized spacial score (nSPS) is 24.4. The number of hydrogen-bond acceptors (Lipinski definition) is 10. The molecule has 17 heteroatoms. The van der Waals surface area contributed by atoms with Gasteiger partial charge in [-0.25, -0.2) is 25.6 Å². The van der Waals surface area contributed by atoms with Crippen LogP contribution in [0.25, 0.3) is 21.6 Å². The number of alkyl halides is 2. The Balaban J connectivity index is 1.50. The molecule has 40 heavy (non-hydrogen) atoms. The lowest BCUT2D eigenvalue weighted by Crippen LogP contribution is -2.45. The number of piperidine rings is 1. The topological polar surface area (TPSA) is 163 Å². The molecule has 2 unspecified atom stereocenters. The summed E-state index contributed by atoms with van der Waals surface area (Å²) in [6.45, 7) is 3.49. The van der Waals surface area contributed by atoms with Crippen molar-refractivity contribution in [2.24, 2.45) is 7.05 Å². The lowest BCUT2D eigenvalue weighted by molar-refractivity contribution is 0.150. The maximum atomic E-state index is 13.5. The van der Waals surface area contributed by atoms with Crippen LogP contribution in [-0.2, 0) is 37.4 Å². The number of aryl methyl sites for hydroxylation is 1. The number of halogens is 2. The van der Waals surface area contributed by atoms with Crippen molar-refractivity contribution >= 4 is 42.3 Å². The van der Waals surface area contributed by atoms with Gasteiger partial charge in [0.05, 0.1) is 21.7 Å². The van der Waals surface area contributed by atoms with E-state index in [1.54, 1.807) is 20.9 Å². The van der Waals surface area contributed by atoms with Gasteiger partial charge >= 0.3 is 0 Å². The molecule has 0 spiro atoms. The van der Waals surface area contributed by atoms with Gasteiger partial charge in [0.25, 0.3) is 6.43 Å². The first kappa shape index (κ1) is 27.5. The Labute approximate surface area is 233 Å². The molecule has 3 fully saturated rings. The van der Waals surface area contributed by atoms with Crippen LogP contribution >= 0.6 is 11.3 Å². The summed E-state index contributed by atoms with van der Waals surface area (Å²) in [6, 6.07) is 4.87. The minimum absolute atomic E-state index is 0.0913. The molecule has 1 aliphatic carbocycles. The average Bonchev–Trinajstić information content (AvgIpc) is 3.74. The SMILES string of the molecule is CC(C)S(=O)(=O)N1CCC2(c3cc(S(=O)(=O)NC4(C#N)CC4)cc4c(-c5nnc(C(F)F)s5)nn(C)c34)OC2C1. The van der Waals surface area contributed by atoms with Crippen LogP contribution in [-0.4, -0.2) is 71.1 Å². The first-order valence-electron chi connectivity index (χ1n) is 12.5. The Hall–Kier alpha value is -2.62. The second-order valence-electron chi connectivity index (χ2n) is 10.6. The van der Waals surface area contributed by atoms with Crippen LogP contribution in [0.3, 0.4) is 0 Å². The predicted octanol–water partition coefficient (Wildman–Crippen LogP) is 2.40. The molecular weight excluding hydrogens is 588 g/mol. The van der Waals surface area contributed by atoms with E-state index in [-0.39, 0.29) is 35.1 Å². The van der Waals surface area contributed by atoms with Gasteiger partial charge in [0.15, 0.2) is 10.0 Å². The third kappa shape index (κ3) is 4.23. The van der Waals surface area contributed by atoms with Crippen molar-refractivity contribution in [3.63, 3.8) is 0 Å². The summed E-state index contributed by atoms with van der Waals surface area (Å²) in [7, 11) is -6.08. The van der Waals surface area contributed by atoms with Crippen LogP contribution in [0.4, 0.5) is 8.78 Å². The standard InChI is InChI=1S/C23H25F2N7O5S3/c1-12(2)40(35,36)32-7-6-23(16(10-32)37-23)15-9-13(39(33,34)30-22(11-26)4-5-22)8-14-17(29-31(3)18(14)15)20-27-28-21(38-20)19(24)25/h8-9,12,16,19,30H,4-7,10H2,1-3H3. The Morgan fingerprint density at radius 1 is 1.20 bits per heavy atom. The zero-order chi connectivity index (χ0) is 28.8. The molecule has 3 aliphatic rings. The summed E-state index contributed by atoms with van der Waals surface area (Å²) < 4.78 is 90.7. The zero-order valence-electron chi connectivity index (χ0n) is 21.6. The molecule has 2 atom stereocenters. The van der Waals surface area contributed by atoms with E-state index in [4.69, 9.17) is 4.74 Å². The third-order valence-electron chi connectivity index (χ3n) is 7.68. The van der Waals surface area contributed by atoms with Crippen molar-refractivity contribution in [1.29, 1.82) is 5.26 Å². The van der Waals surface area contributed by atoms with Gasteiger partial charge in [-0.2, -0.15) is 19.4 Å². The van der Waals surface area contributed by atoms with Crippen LogP contribution in [0, 0.1) is 11.3 Å². The number of ether oxygens (including phenoxy) is 1. The molecule has 214 valence electrons. The Kier molecular flexibility index (Phi) is 6.15. The number of rotatable bonds is 8. The molecule has 0 amide bonds. The minimum atomic E-state index is -4.20. The molecule has 3 aromatic rings. The summed E-state index contributed by atoms with van der Waals surface area (Å²) in [5.41, 5.74) is -0.982. The maximum Gasteiger partial charge on any atom is 0.291 e. The van der Waals surface area contributed by atoms with Gasteiger partial charge < -0.3 is 4.74 Å². The van der Waals surface area contributed by atoms with E-state index in [0.29, 0.717) is 40.6 Å². The molecule has 2 saturated heterocycles. The molecule has 1 aromatic carbocycles. The largest absolute Gasteiger partial charge is 0.359 e. The fraction of sp³-hybridized carbons (Fsp3) is 0.565. The number of benzene rings is 1. The summed E-state index contributed by atoms with van der Waals surface area (Å²) >= 11 is 0.655. The van der Waals surface area contributed by atoms with Crippen LogP contribution in [0.2, 0.25) is 0 Å². The number of fused-ring (bicyclic) bond motifs is 2. The van der Waals surface area contributed by atoms with Crippen molar-refractivity contribution < 1.29 is 30.4 Å². The lowest BCUT2D eigenvalue weighted by atomic mass is 9.88. The van der Waals surface area contributed by atoms with Gasteiger partial charge in [-0.15, -0.1) is 10.2 Å². The highest BCUT2D eigenvalue weighted by molar-refractivity contribution is 7.89. The molecule has 2 aromatic heterocycles. The number of nitrogens with zero attached hydrogens (tertiary/aromatic N) is 6. The van der Waals surface area contributed by atoms with Crippen LogP contribution in [0.15, 0.2) is 17.0 Å². The fourth-order valence-electron chi connectivity index (χ4n) is 5.22. The summed E-state index contributed by atoms with van der Waals surface area (Å²) in [5.74, 6) is 0. The van der Waals surface area contributed by atoms with Gasteiger partial charge in [0.1, 0.15) is 22.9 Å². The van der Waals surface area contributed by atoms with Crippen LogP contribution in [0.1, 0.15) is 50.1 Å². The highest BCUT2D eigenvalue weighted by Crippen LogP contribution is 2.55. The van der Waals surface area contributed by atoms with Crippen molar-refractivity contribution in [3.05, 3.63) is 22.7 Å². The predicted molar refractivity (Wildman–Crippen MR) is 139 cm³/mol. The highest BCUT2D eigenvalue weighted by Gasteiger charge is 2.62. The van der Waals surface area contributed by atoms with Gasteiger partial charge in [0, 0.05) is 31.1 Å². The van der Waals surface area contributed by atoms with Crippen molar-refractivity contribution in [1.82, 2.24) is 29.0 Å². The molecule has 12 nitrogen and oxygen atoms in total. The smallest absolute Gasteiger partial charge is 0.291 e. The number of nitriles is 1. The molecule has 6 rings (SSSR count). The molecule has 1 N–H and O–H groups in total. The summed E-state index contributed by atoms with van der Waals surface area (Å²) in [6.07, 6.45) is -2.32. The van der Waals surface area contributed by atoms with E-state index < -0.39 is 54.0 Å². The summed E-state index contributed by atoms with van der Waals surface area (Å²) in [5, 5.41) is 20.7. The van der Waals surface area contributed by atoms with Gasteiger partial charge in [0.2, 0.25) is 20.0 Å². The van der Waals surface area contributed by atoms with Gasteiger partial charge in [-0.1, -0.05) is 11.3 Å². The Bertz CT molecular complexity index is 1790. The molecule has 2 aliphatic heterocycles. The van der Waals surface area contributed by atoms with Crippen LogP contribution in [0.5, 0.6) is 0 Å². The Morgan fingerprint density at radius 3 is 2.50 bits per heavy atom. The zero-order valence-corrected chi connectivity index (χ0v) is 24.1. The molecule has 4 heterocycles. The van der Waals surface area contributed by atoms with Crippen LogP contribution < -0.4 is 4.72 Å². The minimum Gasteiger partial charge on any atom is -0.359 e. The first-order valence-corrected chi connectivity index (χ1v) is 16.3. The summed E-state index contributed by atoms with van der Waals surface area (Å²) in [4.78, 5) is -0.148. The van der Waals surface area contributed by atoms with E-state index >= 15 is 0 Å². The second-order valence-corrected chi connectivity index (χ2v) is 15.8. The lowest BCUT2D eigenvalue weighted by Gasteiger charge is -2.29. The number of aromatic nitrogens is 4. The van der Waals surface area contributed by atoms with E-state index in [9.17, 15) is 30.9 Å². The fourth-order valence-corrected chi connectivity index (χ4v) is 8.63. The molecule has 0 bridgehead atoms. The second kappa shape index (κ2) is 8.94. The third-order valence-corrected chi connectivity index (χ3v) is 12.4. The van der Waals surface area contributed by atoms with Crippen molar-refractivity contribution in [2.75, 3.05) is 13.1 Å². The van der Waals surface area contributed by atoms with E-state index in [0.717, 1.165) is 0 Å². The highest BCUT2D eigenvalue weighted by atomic mass is 32.2. The number of sulfonamides is 2. The molecule has 1 saturated carbocycles. The van der Waals surface area contributed by atoms with Crippen molar-refractivity contribution in [3.8, 4) is 16.8 Å². The number of hydrogen-bond donors (Lipinski definition) is 1. The molecule has 0 radical (unpaired) electrons. The first-order chi connectivity index (χ1) is 18.7. The number of nitrogens with one attached hydrogen (secondary N) is 1. The Morgan fingerprint density at radius 2 is 1.93 bits per heavy atom. The van der Waals surface area contributed by atoms with E-state index in [1.165, 1.54) is 21.1 Å². The maximum absolute atomic E-state index is 13.5. The van der Waals surface area contributed by atoms with Crippen molar-refractivity contribution in [2.45, 2.75) is 66.9 Å².